The normalized spacial score (nSPS) is 14.7. The second-order valence-electron chi connectivity index (χ2n) is 10.1. The van der Waals surface area contributed by atoms with Crippen LogP contribution in [0.3, 0.4) is 0 Å². The zero-order valence-corrected chi connectivity index (χ0v) is 21.1. The average molecular weight is 549 g/mol. The van der Waals surface area contributed by atoms with E-state index in [0.29, 0.717) is 11.1 Å². The largest absolute Gasteiger partial charge is 0.481 e. The highest BCUT2D eigenvalue weighted by molar-refractivity contribution is 5.87. The quantitative estimate of drug-likeness (QED) is 0.226. The lowest BCUT2D eigenvalue weighted by molar-refractivity contribution is -0.147. The molecule has 8 heteroatoms. The van der Waals surface area contributed by atoms with Crippen LogP contribution in [-0.4, -0.2) is 22.2 Å². The Morgan fingerprint density at radius 2 is 1.07 bits per heavy atom. The molecule has 2 unspecified atom stereocenters. The lowest BCUT2D eigenvalue weighted by Crippen LogP contribution is -2.48. The average Bonchev–Trinajstić information content (AvgIpc) is 3.17. The Bertz CT molecular complexity index is 1530. The highest BCUT2D eigenvalue weighted by Gasteiger charge is 2.57. The number of carboxylic acid groups (broad SMARTS) is 2. The van der Waals surface area contributed by atoms with Gasteiger partial charge in [-0.1, -0.05) is 60.7 Å². The number of benzene rings is 4. The van der Waals surface area contributed by atoms with Crippen molar-refractivity contribution in [3.8, 4) is 11.1 Å². The second kappa shape index (κ2) is 10.6. The van der Waals surface area contributed by atoms with Gasteiger partial charge in [-0.3, -0.25) is 9.59 Å². The summed E-state index contributed by atoms with van der Waals surface area (Å²) >= 11 is 0. The molecule has 0 radical (unpaired) electrons. The summed E-state index contributed by atoms with van der Waals surface area (Å²) in [6.07, 6.45) is -0.704. The lowest BCUT2D eigenvalue weighted by Gasteiger charge is -2.44. The summed E-state index contributed by atoms with van der Waals surface area (Å²) in [4.78, 5) is 25.5. The van der Waals surface area contributed by atoms with Crippen LogP contribution < -0.4 is 0 Å². The minimum absolute atomic E-state index is 0.00411. The van der Waals surface area contributed by atoms with Gasteiger partial charge in [0.25, 0.3) is 0 Å². The summed E-state index contributed by atoms with van der Waals surface area (Å²) in [7, 11) is 0. The van der Waals surface area contributed by atoms with Crippen molar-refractivity contribution in [1.29, 1.82) is 0 Å². The first-order valence-electron chi connectivity index (χ1n) is 12.6. The first-order chi connectivity index (χ1) is 19.1. The third-order valence-electron chi connectivity index (χ3n) is 7.82. The van der Waals surface area contributed by atoms with Crippen molar-refractivity contribution in [3.05, 3.63) is 130 Å². The van der Waals surface area contributed by atoms with Gasteiger partial charge in [0.15, 0.2) is 23.3 Å². The van der Waals surface area contributed by atoms with Crippen molar-refractivity contribution in [3.63, 3.8) is 0 Å². The van der Waals surface area contributed by atoms with Gasteiger partial charge in [-0.15, -0.1) is 0 Å². The van der Waals surface area contributed by atoms with E-state index >= 15 is 0 Å². The monoisotopic (exact) mass is 548 g/mol. The van der Waals surface area contributed by atoms with Crippen LogP contribution >= 0.6 is 0 Å². The van der Waals surface area contributed by atoms with Crippen LogP contribution in [0.2, 0.25) is 0 Å². The molecule has 0 saturated carbocycles. The highest BCUT2D eigenvalue weighted by Crippen LogP contribution is 2.59. The molecule has 0 saturated heterocycles. The van der Waals surface area contributed by atoms with Gasteiger partial charge in [-0.05, 0) is 76.4 Å². The Balaban J connectivity index is 1.89. The van der Waals surface area contributed by atoms with Crippen molar-refractivity contribution in [1.82, 2.24) is 0 Å². The molecule has 0 amide bonds. The van der Waals surface area contributed by atoms with Gasteiger partial charge in [-0.2, -0.15) is 0 Å². The molecule has 0 spiro atoms. The van der Waals surface area contributed by atoms with E-state index < -0.39 is 58.9 Å². The fourth-order valence-corrected chi connectivity index (χ4v) is 6.27. The van der Waals surface area contributed by atoms with Gasteiger partial charge < -0.3 is 10.2 Å². The zero-order chi connectivity index (χ0) is 28.6. The van der Waals surface area contributed by atoms with E-state index in [1.807, 2.05) is 0 Å². The van der Waals surface area contributed by atoms with E-state index in [2.05, 4.69) is 0 Å². The number of hydrogen-bond acceptors (Lipinski definition) is 2. The van der Waals surface area contributed by atoms with E-state index in [-0.39, 0.29) is 35.1 Å². The molecular formula is C32H24F4O4. The predicted molar refractivity (Wildman–Crippen MR) is 140 cm³/mol. The van der Waals surface area contributed by atoms with Crippen LogP contribution in [0.1, 0.15) is 28.7 Å². The summed E-state index contributed by atoms with van der Waals surface area (Å²) in [5.41, 5.74) is -0.663. The Kier molecular flexibility index (Phi) is 7.19. The summed E-state index contributed by atoms with van der Waals surface area (Å²) in [6.45, 7) is 0. The van der Waals surface area contributed by atoms with Crippen LogP contribution in [-0.2, 0) is 27.8 Å². The van der Waals surface area contributed by atoms with E-state index in [1.165, 1.54) is 0 Å². The number of hydrogen-bond donors (Lipinski definition) is 2. The summed E-state index contributed by atoms with van der Waals surface area (Å²) in [5.74, 6) is -10.2. The Morgan fingerprint density at radius 3 is 1.50 bits per heavy atom. The number of fused-ring (bicyclic) bond motifs is 3. The maximum absolute atomic E-state index is 15.0. The maximum atomic E-state index is 15.0. The number of carboxylic acids is 2. The number of halogens is 4. The van der Waals surface area contributed by atoms with Gasteiger partial charge in [0.1, 0.15) is 0 Å². The molecule has 4 nitrogen and oxygen atoms in total. The maximum Gasteiger partial charge on any atom is 0.308 e. The molecule has 1 aliphatic carbocycles. The smallest absolute Gasteiger partial charge is 0.308 e. The highest BCUT2D eigenvalue weighted by atomic mass is 19.2. The molecule has 40 heavy (non-hydrogen) atoms. The molecule has 2 atom stereocenters. The van der Waals surface area contributed by atoms with Crippen molar-refractivity contribution in [2.45, 2.75) is 24.7 Å². The minimum Gasteiger partial charge on any atom is -0.481 e. The third kappa shape index (κ3) is 4.63. The summed E-state index contributed by atoms with van der Waals surface area (Å²) in [5, 5.41) is 20.7. The van der Waals surface area contributed by atoms with E-state index in [1.54, 1.807) is 60.7 Å². The van der Waals surface area contributed by atoms with Crippen LogP contribution in [0.5, 0.6) is 0 Å². The Hall–Kier alpha value is -4.46. The lowest BCUT2D eigenvalue weighted by atomic mass is 9.57. The van der Waals surface area contributed by atoms with E-state index in [0.717, 1.165) is 24.3 Å². The van der Waals surface area contributed by atoms with Crippen molar-refractivity contribution in [2.75, 3.05) is 0 Å². The number of aliphatic carboxylic acids is 2. The van der Waals surface area contributed by atoms with Crippen LogP contribution in [0.4, 0.5) is 17.6 Å². The van der Waals surface area contributed by atoms with Gasteiger partial charge >= 0.3 is 11.9 Å². The molecule has 204 valence electrons. The molecule has 0 aromatic heterocycles. The third-order valence-corrected chi connectivity index (χ3v) is 7.82. The molecular weight excluding hydrogens is 524 g/mol. The molecule has 0 bridgehead atoms. The zero-order valence-electron chi connectivity index (χ0n) is 21.1. The van der Waals surface area contributed by atoms with Crippen LogP contribution in [0.15, 0.2) is 84.9 Å². The minimum atomic E-state index is -1.87. The summed E-state index contributed by atoms with van der Waals surface area (Å²) in [6, 6.07) is 20.6. The first-order valence-corrected chi connectivity index (χ1v) is 12.6. The molecule has 0 heterocycles. The van der Waals surface area contributed by atoms with Crippen molar-refractivity contribution < 1.29 is 37.4 Å². The molecule has 2 N–H and O–H groups in total. The van der Waals surface area contributed by atoms with Crippen LogP contribution in [0, 0.1) is 35.1 Å². The SMILES string of the molecule is O=C(O)CC(Cc1ccccc1)C1(C(Cc2ccccc2)C(=O)O)c2cc(F)c(F)cc2-c2cc(F)c(F)cc21. The van der Waals surface area contributed by atoms with Gasteiger partial charge in [0, 0.05) is 11.8 Å². The fraction of sp³-hybridized carbons (Fsp3) is 0.188. The number of carbonyl (C=O) groups is 2. The second-order valence-corrected chi connectivity index (χ2v) is 10.1. The molecule has 0 fully saturated rings. The Labute approximate surface area is 227 Å². The fourth-order valence-electron chi connectivity index (χ4n) is 6.27. The molecule has 1 aliphatic rings. The predicted octanol–water partition coefficient (Wildman–Crippen LogP) is 6.79. The molecule has 5 rings (SSSR count). The van der Waals surface area contributed by atoms with Gasteiger partial charge in [0.05, 0.1) is 5.92 Å². The topological polar surface area (TPSA) is 74.6 Å². The van der Waals surface area contributed by atoms with Crippen molar-refractivity contribution in [2.24, 2.45) is 11.8 Å². The summed E-state index contributed by atoms with van der Waals surface area (Å²) < 4.78 is 59.1. The Morgan fingerprint density at radius 1 is 0.650 bits per heavy atom. The molecule has 4 aromatic rings. The number of rotatable bonds is 9. The molecule has 4 aromatic carbocycles. The van der Waals surface area contributed by atoms with Gasteiger partial charge in [-0.25, -0.2) is 17.6 Å². The van der Waals surface area contributed by atoms with E-state index in [4.69, 9.17) is 0 Å². The standard InChI is InChI=1S/C32H24F4O4/c33-26-14-21-22-15-27(34)29(36)17-24(22)32(23(21)16-28(26)35,25(31(39)40)12-19-9-5-2-6-10-19)20(13-30(37)38)11-18-7-3-1-4-8-18/h1-10,14-17,20,25H,11-13H2,(H,37,38)(H,39,40). The first kappa shape index (κ1) is 27.1. The van der Waals surface area contributed by atoms with Crippen LogP contribution in [0.25, 0.3) is 11.1 Å². The van der Waals surface area contributed by atoms with Crippen molar-refractivity contribution >= 4 is 11.9 Å². The van der Waals surface area contributed by atoms with E-state index in [9.17, 15) is 37.4 Å². The molecule has 0 aliphatic heterocycles. The van der Waals surface area contributed by atoms with Gasteiger partial charge in [0.2, 0.25) is 0 Å².